The predicted molar refractivity (Wildman–Crippen MR) is 74.1 cm³/mol. The first-order valence-corrected chi connectivity index (χ1v) is 7.39. The quantitative estimate of drug-likeness (QED) is 0.805. The number of carbonyl (C=O) groups excluding carboxylic acids is 1. The molecule has 0 spiro atoms. The SMILES string of the molecule is COc1ccc(C(CC2CC2)C(N)=O)cc1SC. The van der Waals surface area contributed by atoms with Gasteiger partial charge in [0, 0.05) is 4.90 Å². The molecule has 98 valence electrons. The van der Waals surface area contributed by atoms with Crippen molar-refractivity contribution in [2.45, 2.75) is 30.1 Å². The largest absolute Gasteiger partial charge is 0.496 e. The summed E-state index contributed by atoms with van der Waals surface area (Å²) >= 11 is 1.62. The first-order chi connectivity index (χ1) is 8.65. The Bertz CT molecular complexity index is 443. The molecule has 4 heteroatoms. The molecule has 0 aromatic heterocycles. The summed E-state index contributed by atoms with van der Waals surface area (Å²) in [6.45, 7) is 0. The van der Waals surface area contributed by atoms with E-state index in [1.807, 2.05) is 24.5 Å². The molecular formula is C14H19NO2S. The Labute approximate surface area is 112 Å². The standard InChI is InChI=1S/C14H19NO2S/c1-17-12-6-5-10(8-13(12)18-2)11(14(15)16)7-9-3-4-9/h5-6,8-9,11H,3-4,7H2,1-2H3,(H2,15,16). The maximum atomic E-state index is 11.6. The van der Waals surface area contributed by atoms with E-state index in [2.05, 4.69) is 0 Å². The molecule has 1 aromatic rings. The lowest BCUT2D eigenvalue weighted by atomic mass is 9.93. The number of primary amides is 1. The third-order valence-electron chi connectivity index (χ3n) is 3.42. The molecule has 1 fully saturated rings. The highest BCUT2D eigenvalue weighted by molar-refractivity contribution is 7.98. The van der Waals surface area contributed by atoms with Crippen LogP contribution in [0.5, 0.6) is 5.75 Å². The number of ether oxygens (including phenoxy) is 1. The number of hydrogen-bond donors (Lipinski definition) is 1. The van der Waals surface area contributed by atoms with Crippen LogP contribution in [0.4, 0.5) is 0 Å². The number of methoxy groups -OCH3 is 1. The van der Waals surface area contributed by atoms with Crippen molar-refractivity contribution in [1.82, 2.24) is 0 Å². The minimum atomic E-state index is -0.223. The summed E-state index contributed by atoms with van der Waals surface area (Å²) in [6, 6.07) is 5.90. The molecule has 1 aliphatic carbocycles. The molecule has 1 saturated carbocycles. The van der Waals surface area contributed by atoms with Crippen LogP contribution in [0.3, 0.4) is 0 Å². The van der Waals surface area contributed by atoms with E-state index in [1.165, 1.54) is 12.8 Å². The van der Waals surface area contributed by atoms with Gasteiger partial charge in [-0.05, 0) is 36.3 Å². The molecule has 0 bridgehead atoms. The van der Waals surface area contributed by atoms with Gasteiger partial charge in [0.05, 0.1) is 13.0 Å². The zero-order valence-corrected chi connectivity index (χ0v) is 11.6. The number of thioether (sulfide) groups is 1. The summed E-state index contributed by atoms with van der Waals surface area (Å²) in [5.74, 6) is 1.15. The zero-order chi connectivity index (χ0) is 13.1. The second-order valence-electron chi connectivity index (χ2n) is 4.75. The fourth-order valence-electron chi connectivity index (χ4n) is 2.17. The van der Waals surface area contributed by atoms with Crippen LogP contribution >= 0.6 is 11.8 Å². The van der Waals surface area contributed by atoms with E-state index in [1.54, 1.807) is 18.9 Å². The summed E-state index contributed by atoms with van der Waals surface area (Å²) in [7, 11) is 1.66. The highest BCUT2D eigenvalue weighted by atomic mass is 32.2. The second-order valence-corrected chi connectivity index (χ2v) is 5.60. The molecule has 2 N–H and O–H groups in total. The maximum absolute atomic E-state index is 11.6. The Hall–Kier alpha value is -1.16. The Morgan fingerprint density at radius 1 is 1.56 bits per heavy atom. The smallest absolute Gasteiger partial charge is 0.224 e. The first-order valence-electron chi connectivity index (χ1n) is 6.17. The van der Waals surface area contributed by atoms with Crippen LogP contribution in [-0.4, -0.2) is 19.3 Å². The zero-order valence-electron chi connectivity index (χ0n) is 10.8. The van der Waals surface area contributed by atoms with Crippen LogP contribution in [0.25, 0.3) is 0 Å². The normalized spacial score (nSPS) is 16.3. The van der Waals surface area contributed by atoms with Gasteiger partial charge in [0.2, 0.25) is 5.91 Å². The van der Waals surface area contributed by atoms with Gasteiger partial charge in [-0.3, -0.25) is 4.79 Å². The van der Waals surface area contributed by atoms with E-state index < -0.39 is 0 Å². The van der Waals surface area contributed by atoms with Crippen LogP contribution in [0.1, 0.15) is 30.7 Å². The topological polar surface area (TPSA) is 52.3 Å². The first kappa shape index (κ1) is 13.3. The minimum Gasteiger partial charge on any atom is -0.496 e. The number of benzene rings is 1. The van der Waals surface area contributed by atoms with Crippen molar-refractivity contribution in [2.75, 3.05) is 13.4 Å². The lowest BCUT2D eigenvalue weighted by Gasteiger charge is -2.15. The van der Waals surface area contributed by atoms with Crippen LogP contribution in [0.2, 0.25) is 0 Å². The summed E-state index contributed by atoms with van der Waals surface area (Å²) in [6.07, 6.45) is 5.35. The van der Waals surface area contributed by atoms with E-state index in [4.69, 9.17) is 10.5 Å². The second kappa shape index (κ2) is 5.65. The highest BCUT2D eigenvalue weighted by Crippen LogP contribution is 2.40. The van der Waals surface area contributed by atoms with E-state index >= 15 is 0 Å². The van der Waals surface area contributed by atoms with Crippen LogP contribution < -0.4 is 10.5 Å². The van der Waals surface area contributed by atoms with Gasteiger partial charge in [-0.1, -0.05) is 18.9 Å². The van der Waals surface area contributed by atoms with Crippen molar-refractivity contribution >= 4 is 17.7 Å². The highest BCUT2D eigenvalue weighted by Gasteiger charge is 2.29. The van der Waals surface area contributed by atoms with Gasteiger partial charge in [0.25, 0.3) is 0 Å². The number of carbonyl (C=O) groups is 1. The van der Waals surface area contributed by atoms with E-state index in [0.717, 1.165) is 22.6 Å². The predicted octanol–water partition coefficient (Wildman–Crippen LogP) is 2.79. The number of rotatable bonds is 6. The average molecular weight is 265 g/mol. The maximum Gasteiger partial charge on any atom is 0.224 e. The molecule has 1 aromatic carbocycles. The van der Waals surface area contributed by atoms with E-state index in [0.29, 0.717) is 5.92 Å². The molecule has 1 unspecified atom stereocenters. The van der Waals surface area contributed by atoms with Crippen molar-refractivity contribution in [3.8, 4) is 5.75 Å². The van der Waals surface area contributed by atoms with Gasteiger partial charge in [0.15, 0.2) is 0 Å². The lowest BCUT2D eigenvalue weighted by molar-refractivity contribution is -0.119. The number of nitrogens with two attached hydrogens (primary N) is 1. The molecule has 1 aliphatic rings. The van der Waals surface area contributed by atoms with Gasteiger partial charge in [0.1, 0.15) is 5.75 Å². The van der Waals surface area contributed by atoms with Gasteiger partial charge in [-0.25, -0.2) is 0 Å². The van der Waals surface area contributed by atoms with Crippen molar-refractivity contribution in [3.05, 3.63) is 23.8 Å². The summed E-state index contributed by atoms with van der Waals surface area (Å²) in [4.78, 5) is 12.7. The van der Waals surface area contributed by atoms with Gasteiger partial charge in [-0.2, -0.15) is 0 Å². The third kappa shape index (κ3) is 2.99. The average Bonchev–Trinajstić information content (AvgIpc) is 3.18. The summed E-state index contributed by atoms with van der Waals surface area (Å²) in [5, 5.41) is 0. The van der Waals surface area contributed by atoms with E-state index in [-0.39, 0.29) is 11.8 Å². The Morgan fingerprint density at radius 2 is 2.28 bits per heavy atom. The molecule has 3 nitrogen and oxygen atoms in total. The van der Waals surface area contributed by atoms with Crippen molar-refractivity contribution in [1.29, 1.82) is 0 Å². The summed E-state index contributed by atoms with van der Waals surface area (Å²) in [5.41, 5.74) is 6.54. The molecule has 0 heterocycles. The monoisotopic (exact) mass is 265 g/mol. The molecular weight excluding hydrogens is 246 g/mol. The van der Waals surface area contributed by atoms with Gasteiger partial charge >= 0.3 is 0 Å². The Morgan fingerprint density at radius 3 is 2.78 bits per heavy atom. The van der Waals surface area contributed by atoms with Crippen LogP contribution in [0.15, 0.2) is 23.1 Å². The fraction of sp³-hybridized carbons (Fsp3) is 0.500. The molecule has 2 rings (SSSR count). The van der Waals surface area contributed by atoms with Crippen molar-refractivity contribution in [3.63, 3.8) is 0 Å². The van der Waals surface area contributed by atoms with Crippen LogP contribution in [0, 0.1) is 5.92 Å². The number of amides is 1. The molecule has 18 heavy (non-hydrogen) atoms. The minimum absolute atomic E-state index is 0.158. The molecule has 1 atom stereocenters. The third-order valence-corrected chi connectivity index (χ3v) is 4.18. The fourth-order valence-corrected chi connectivity index (χ4v) is 2.78. The molecule has 0 aliphatic heterocycles. The Kier molecular flexibility index (Phi) is 4.17. The van der Waals surface area contributed by atoms with Crippen molar-refractivity contribution in [2.24, 2.45) is 11.7 Å². The number of hydrogen-bond acceptors (Lipinski definition) is 3. The Balaban J connectivity index is 2.25. The van der Waals surface area contributed by atoms with Crippen LogP contribution in [-0.2, 0) is 4.79 Å². The molecule has 1 amide bonds. The lowest BCUT2D eigenvalue weighted by Crippen LogP contribution is -2.22. The molecule has 0 radical (unpaired) electrons. The van der Waals surface area contributed by atoms with Gasteiger partial charge in [-0.15, -0.1) is 11.8 Å². The van der Waals surface area contributed by atoms with Crippen molar-refractivity contribution < 1.29 is 9.53 Å². The van der Waals surface area contributed by atoms with Gasteiger partial charge < -0.3 is 10.5 Å². The summed E-state index contributed by atoms with van der Waals surface area (Å²) < 4.78 is 5.29. The molecule has 0 saturated heterocycles. The van der Waals surface area contributed by atoms with E-state index in [9.17, 15) is 4.79 Å².